The largest absolute Gasteiger partial charge is 0.444 e. The van der Waals surface area contributed by atoms with E-state index in [9.17, 15) is 9.59 Å². The first-order chi connectivity index (χ1) is 10.7. The van der Waals surface area contributed by atoms with Crippen LogP contribution in [0.5, 0.6) is 5.75 Å². The molecule has 0 fully saturated rings. The molecule has 8 heteroatoms. The number of nitrogens with two attached hydrogens (primary N) is 1. The highest BCUT2D eigenvalue weighted by atomic mass is 16.6. The Bertz CT molecular complexity index is 525. The number of aromatic nitrogens is 1. The first-order valence-corrected chi connectivity index (χ1v) is 7.10. The zero-order chi connectivity index (χ0) is 17.5. The van der Waals surface area contributed by atoms with Gasteiger partial charge in [-0.25, -0.2) is 9.59 Å². The van der Waals surface area contributed by atoms with Crippen LogP contribution in [0.25, 0.3) is 0 Å². The second-order valence-electron chi connectivity index (χ2n) is 5.80. The molecule has 0 aliphatic rings. The lowest BCUT2D eigenvalue weighted by atomic mass is 10.2. The number of nitrogens with zero attached hydrogens (tertiary/aromatic N) is 2. The van der Waals surface area contributed by atoms with Gasteiger partial charge in [0.05, 0.1) is 25.0 Å². The average molecular weight is 325 g/mol. The predicted octanol–water partition coefficient (Wildman–Crippen LogP) is 1.92. The van der Waals surface area contributed by atoms with Gasteiger partial charge in [0.2, 0.25) is 0 Å². The monoisotopic (exact) mass is 325 g/mol. The minimum Gasteiger partial charge on any atom is -0.444 e. The first-order valence-electron chi connectivity index (χ1n) is 7.10. The zero-order valence-electron chi connectivity index (χ0n) is 13.9. The van der Waals surface area contributed by atoms with Gasteiger partial charge in [-0.3, -0.25) is 9.88 Å². The van der Waals surface area contributed by atoms with Gasteiger partial charge in [-0.1, -0.05) is 0 Å². The lowest BCUT2D eigenvalue weighted by Gasteiger charge is -2.27. The molecule has 1 heterocycles. The van der Waals surface area contributed by atoms with Gasteiger partial charge >= 0.3 is 12.2 Å². The number of pyridine rings is 1. The summed E-state index contributed by atoms with van der Waals surface area (Å²) in [4.78, 5) is 28.5. The van der Waals surface area contributed by atoms with E-state index in [1.165, 1.54) is 11.1 Å². The molecule has 0 unspecified atom stereocenters. The SMILES string of the molecule is COCCN(Cc1ccc(OC(N)=O)cn1)C(=O)OC(C)(C)C. The molecule has 0 aromatic carbocycles. The summed E-state index contributed by atoms with van der Waals surface area (Å²) in [6.07, 6.45) is 0.00721. The van der Waals surface area contributed by atoms with Gasteiger partial charge in [0.15, 0.2) is 5.75 Å². The van der Waals surface area contributed by atoms with E-state index < -0.39 is 17.8 Å². The molecule has 2 N–H and O–H groups in total. The molecule has 0 saturated heterocycles. The number of amides is 2. The fourth-order valence-corrected chi connectivity index (χ4v) is 1.64. The Hall–Kier alpha value is -2.35. The highest BCUT2D eigenvalue weighted by Crippen LogP contribution is 2.14. The van der Waals surface area contributed by atoms with Crippen LogP contribution in [0.1, 0.15) is 26.5 Å². The van der Waals surface area contributed by atoms with Crippen LogP contribution in [0.15, 0.2) is 18.3 Å². The Morgan fingerprint density at radius 3 is 2.48 bits per heavy atom. The van der Waals surface area contributed by atoms with Crippen LogP contribution < -0.4 is 10.5 Å². The standard InChI is InChI=1S/C15H23N3O5/c1-15(2,3)23-14(20)18(7-8-21-4)10-11-5-6-12(9-17-11)22-13(16)19/h5-6,9H,7-8,10H2,1-4H3,(H2,16,19). The minimum absolute atomic E-state index is 0.238. The van der Waals surface area contributed by atoms with Crippen LogP contribution in [0.4, 0.5) is 9.59 Å². The Kier molecular flexibility index (Phi) is 6.77. The number of carbonyl (C=O) groups excluding carboxylic acids is 2. The molecule has 0 radical (unpaired) electrons. The van der Waals surface area contributed by atoms with Crippen molar-refractivity contribution >= 4 is 12.2 Å². The molecule has 1 rings (SSSR count). The smallest absolute Gasteiger partial charge is 0.410 e. The highest BCUT2D eigenvalue weighted by Gasteiger charge is 2.22. The number of methoxy groups -OCH3 is 1. The van der Waals surface area contributed by atoms with E-state index in [1.54, 1.807) is 40.0 Å². The first kappa shape index (κ1) is 18.7. The molecule has 0 spiro atoms. The lowest BCUT2D eigenvalue weighted by molar-refractivity contribution is 0.0181. The number of hydrogen-bond acceptors (Lipinski definition) is 6. The molecule has 8 nitrogen and oxygen atoms in total. The van der Waals surface area contributed by atoms with E-state index in [-0.39, 0.29) is 12.3 Å². The third-order valence-electron chi connectivity index (χ3n) is 2.59. The van der Waals surface area contributed by atoms with Gasteiger partial charge < -0.3 is 19.9 Å². The molecule has 0 aliphatic carbocycles. The Labute approximate surface area is 135 Å². The van der Waals surface area contributed by atoms with Crippen LogP contribution in [0.3, 0.4) is 0 Å². The normalized spacial score (nSPS) is 11.0. The number of carbonyl (C=O) groups is 2. The van der Waals surface area contributed by atoms with E-state index in [1.807, 2.05) is 0 Å². The van der Waals surface area contributed by atoms with Crippen LogP contribution in [0, 0.1) is 0 Å². The zero-order valence-corrected chi connectivity index (χ0v) is 13.9. The Balaban J connectivity index is 2.76. The van der Waals surface area contributed by atoms with Crippen molar-refractivity contribution in [1.82, 2.24) is 9.88 Å². The summed E-state index contributed by atoms with van der Waals surface area (Å²) in [5.41, 5.74) is 4.95. The molecular formula is C15H23N3O5. The predicted molar refractivity (Wildman–Crippen MR) is 83.0 cm³/mol. The number of hydrogen-bond donors (Lipinski definition) is 1. The maximum absolute atomic E-state index is 12.2. The maximum atomic E-state index is 12.2. The molecule has 1 aromatic rings. The van der Waals surface area contributed by atoms with Crippen LogP contribution in [0.2, 0.25) is 0 Å². The van der Waals surface area contributed by atoms with Gasteiger partial charge in [-0.2, -0.15) is 0 Å². The van der Waals surface area contributed by atoms with Crippen molar-refractivity contribution in [2.75, 3.05) is 20.3 Å². The summed E-state index contributed by atoms with van der Waals surface area (Å²) in [5.74, 6) is 0.238. The van der Waals surface area contributed by atoms with Crippen molar-refractivity contribution in [2.45, 2.75) is 32.9 Å². The van der Waals surface area contributed by atoms with Crippen LogP contribution >= 0.6 is 0 Å². The number of ether oxygens (including phenoxy) is 3. The quantitative estimate of drug-likeness (QED) is 0.857. The van der Waals surface area contributed by atoms with Crippen LogP contribution in [-0.4, -0.2) is 47.9 Å². The Morgan fingerprint density at radius 2 is 2.00 bits per heavy atom. The molecule has 23 heavy (non-hydrogen) atoms. The average Bonchev–Trinajstić information content (AvgIpc) is 2.42. The van der Waals surface area contributed by atoms with Crippen molar-refractivity contribution < 1.29 is 23.8 Å². The van der Waals surface area contributed by atoms with Crippen molar-refractivity contribution in [2.24, 2.45) is 5.73 Å². The molecule has 2 amide bonds. The number of primary amides is 1. The summed E-state index contributed by atoms with van der Waals surface area (Å²) in [6.45, 7) is 6.39. The third kappa shape index (κ3) is 7.46. The second-order valence-corrected chi connectivity index (χ2v) is 5.80. The van der Waals surface area contributed by atoms with Crippen LogP contribution in [-0.2, 0) is 16.0 Å². The minimum atomic E-state index is -0.907. The van der Waals surface area contributed by atoms with Gasteiger partial charge in [-0.15, -0.1) is 0 Å². The lowest BCUT2D eigenvalue weighted by Crippen LogP contribution is -2.38. The fraction of sp³-hybridized carbons (Fsp3) is 0.533. The summed E-state index contributed by atoms with van der Waals surface area (Å²) in [7, 11) is 1.56. The summed E-state index contributed by atoms with van der Waals surface area (Å²) >= 11 is 0. The van der Waals surface area contributed by atoms with Crippen molar-refractivity contribution in [3.8, 4) is 5.75 Å². The molecule has 0 bridgehead atoms. The summed E-state index contributed by atoms with van der Waals surface area (Å²) in [5, 5.41) is 0. The van der Waals surface area contributed by atoms with Crippen molar-refractivity contribution in [3.05, 3.63) is 24.0 Å². The topological polar surface area (TPSA) is 104 Å². The molecule has 1 aromatic heterocycles. The van der Waals surface area contributed by atoms with Crippen molar-refractivity contribution in [1.29, 1.82) is 0 Å². The Morgan fingerprint density at radius 1 is 1.30 bits per heavy atom. The van der Waals surface area contributed by atoms with Crippen molar-refractivity contribution in [3.63, 3.8) is 0 Å². The second kappa shape index (κ2) is 8.33. The van der Waals surface area contributed by atoms with E-state index in [0.717, 1.165) is 0 Å². The van der Waals surface area contributed by atoms with E-state index in [0.29, 0.717) is 18.8 Å². The summed E-state index contributed by atoms with van der Waals surface area (Å²) < 4.78 is 15.1. The van der Waals surface area contributed by atoms with E-state index in [4.69, 9.17) is 19.9 Å². The molecular weight excluding hydrogens is 302 g/mol. The van der Waals surface area contributed by atoms with Gasteiger partial charge in [0, 0.05) is 13.7 Å². The molecule has 0 atom stereocenters. The summed E-state index contributed by atoms with van der Waals surface area (Å²) in [6, 6.07) is 3.19. The highest BCUT2D eigenvalue weighted by molar-refractivity contribution is 5.68. The fourth-order valence-electron chi connectivity index (χ4n) is 1.64. The molecule has 0 saturated carbocycles. The van der Waals surface area contributed by atoms with E-state index in [2.05, 4.69) is 4.98 Å². The molecule has 0 aliphatic heterocycles. The number of rotatable bonds is 6. The maximum Gasteiger partial charge on any atom is 0.410 e. The van der Waals surface area contributed by atoms with Gasteiger partial charge in [0.25, 0.3) is 0 Å². The van der Waals surface area contributed by atoms with E-state index >= 15 is 0 Å². The van der Waals surface area contributed by atoms with Gasteiger partial charge in [-0.05, 0) is 32.9 Å². The third-order valence-corrected chi connectivity index (χ3v) is 2.59. The van der Waals surface area contributed by atoms with Gasteiger partial charge in [0.1, 0.15) is 5.60 Å². The molecule has 128 valence electrons.